The minimum absolute atomic E-state index is 0.0255. The third-order valence-corrected chi connectivity index (χ3v) is 4.05. The standard InChI is InChI=1S/C16H20N2O2/c1-10(2)3-5-17-16(20)13-7-11-4-6-18-14(19)9-12(8-13)15(11)18/h7-8,10H,3-6,9H2,1-2H3,(H,17,20). The van der Waals surface area contributed by atoms with Crippen molar-refractivity contribution in [3.63, 3.8) is 0 Å². The van der Waals surface area contributed by atoms with Gasteiger partial charge in [-0.15, -0.1) is 0 Å². The van der Waals surface area contributed by atoms with Gasteiger partial charge < -0.3 is 10.2 Å². The van der Waals surface area contributed by atoms with Gasteiger partial charge in [0.25, 0.3) is 5.91 Å². The first kappa shape index (κ1) is 13.2. The summed E-state index contributed by atoms with van der Waals surface area (Å²) < 4.78 is 0. The zero-order chi connectivity index (χ0) is 14.3. The summed E-state index contributed by atoms with van der Waals surface area (Å²) in [7, 11) is 0. The first-order valence-corrected chi connectivity index (χ1v) is 7.30. The van der Waals surface area contributed by atoms with Crippen LogP contribution in [0.15, 0.2) is 12.1 Å². The van der Waals surface area contributed by atoms with Crippen molar-refractivity contribution in [2.75, 3.05) is 18.0 Å². The summed E-state index contributed by atoms with van der Waals surface area (Å²) in [5, 5.41) is 2.96. The van der Waals surface area contributed by atoms with Gasteiger partial charge in [-0.05, 0) is 42.0 Å². The lowest BCUT2D eigenvalue weighted by Crippen LogP contribution is -2.25. The molecular formula is C16H20N2O2. The van der Waals surface area contributed by atoms with Gasteiger partial charge in [0.05, 0.1) is 12.1 Å². The lowest BCUT2D eigenvalue weighted by molar-refractivity contribution is -0.117. The molecule has 0 saturated carbocycles. The molecule has 106 valence electrons. The third-order valence-electron chi connectivity index (χ3n) is 4.05. The Bertz CT molecular complexity index is 578. The maximum absolute atomic E-state index is 12.2. The van der Waals surface area contributed by atoms with Crippen LogP contribution in [0.2, 0.25) is 0 Å². The molecule has 1 aromatic rings. The second-order valence-electron chi connectivity index (χ2n) is 6.05. The second-order valence-corrected chi connectivity index (χ2v) is 6.05. The maximum Gasteiger partial charge on any atom is 0.251 e. The summed E-state index contributed by atoms with van der Waals surface area (Å²) in [5.41, 5.74) is 3.91. The number of benzene rings is 1. The molecule has 0 spiro atoms. The molecule has 0 atom stereocenters. The third kappa shape index (κ3) is 2.19. The number of nitrogens with one attached hydrogen (secondary N) is 1. The molecule has 4 nitrogen and oxygen atoms in total. The SMILES string of the molecule is CC(C)CCNC(=O)c1cc2c3c(c1)CC(=O)N3CC2. The van der Waals surface area contributed by atoms with E-state index in [0.717, 1.165) is 36.2 Å². The van der Waals surface area contributed by atoms with Gasteiger partial charge in [0.1, 0.15) is 0 Å². The number of nitrogens with zero attached hydrogens (tertiary/aromatic N) is 1. The van der Waals surface area contributed by atoms with Crippen LogP contribution in [0, 0.1) is 5.92 Å². The first-order valence-electron chi connectivity index (χ1n) is 7.30. The van der Waals surface area contributed by atoms with E-state index in [2.05, 4.69) is 19.2 Å². The Morgan fingerprint density at radius 2 is 2.10 bits per heavy atom. The number of carbonyl (C=O) groups excluding carboxylic acids is 2. The quantitative estimate of drug-likeness (QED) is 0.910. The van der Waals surface area contributed by atoms with E-state index in [0.29, 0.717) is 24.4 Å². The molecule has 0 fully saturated rings. The highest BCUT2D eigenvalue weighted by molar-refractivity contribution is 6.05. The van der Waals surface area contributed by atoms with Gasteiger partial charge in [-0.3, -0.25) is 9.59 Å². The Balaban J connectivity index is 1.78. The van der Waals surface area contributed by atoms with E-state index in [1.165, 1.54) is 0 Å². The Labute approximate surface area is 119 Å². The van der Waals surface area contributed by atoms with Crippen molar-refractivity contribution in [3.05, 3.63) is 28.8 Å². The molecule has 0 aliphatic carbocycles. The average molecular weight is 272 g/mol. The zero-order valence-electron chi connectivity index (χ0n) is 12.0. The van der Waals surface area contributed by atoms with Gasteiger partial charge >= 0.3 is 0 Å². The molecule has 0 saturated heterocycles. The Morgan fingerprint density at radius 1 is 1.35 bits per heavy atom. The second kappa shape index (κ2) is 4.93. The molecule has 2 aliphatic heterocycles. The molecule has 0 bridgehead atoms. The summed E-state index contributed by atoms with van der Waals surface area (Å²) >= 11 is 0. The average Bonchev–Trinajstić information content (AvgIpc) is 2.94. The zero-order valence-corrected chi connectivity index (χ0v) is 12.0. The molecule has 2 aliphatic rings. The summed E-state index contributed by atoms with van der Waals surface area (Å²) in [6.07, 6.45) is 2.28. The van der Waals surface area contributed by atoms with Gasteiger partial charge in [0.2, 0.25) is 5.91 Å². The topological polar surface area (TPSA) is 49.4 Å². The summed E-state index contributed by atoms with van der Waals surface area (Å²) in [5.74, 6) is 0.720. The van der Waals surface area contributed by atoms with E-state index in [1.807, 2.05) is 17.0 Å². The maximum atomic E-state index is 12.2. The number of carbonyl (C=O) groups is 2. The van der Waals surface area contributed by atoms with Crippen LogP contribution in [0.1, 0.15) is 41.8 Å². The van der Waals surface area contributed by atoms with Crippen molar-refractivity contribution >= 4 is 17.5 Å². The largest absolute Gasteiger partial charge is 0.352 e. The molecule has 20 heavy (non-hydrogen) atoms. The highest BCUT2D eigenvalue weighted by Crippen LogP contribution is 2.38. The summed E-state index contributed by atoms with van der Waals surface area (Å²) in [6.45, 7) is 5.75. The molecule has 1 N–H and O–H groups in total. The van der Waals surface area contributed by atoms with Crippen LogP contribution in [-0.2, 0) is 17.6 Å². The molecule has 4 heteroatoms. The molecule has 3 rings (SSSR count). The van der Waals surface area contributed by atoms with Crippen LogP contribution < -0.4 is 10.2 Å². The van der Waals surface area contributed by atoms with E-state index in [9.17, 15) is 9.59 Å². The molecule has 2 heterocycles. The Kier molecular flexibility index (Phi) is 3.24. The normalized spacial score (nSPS) is 15.9. The van der Waals surface area contributed by atoms with Gasteiger partial charge in [-0.2, -0.15) is 0 Å². The minimum atomic E-state index is -0.0255. The van der Waals surface area contributed by atoms with Crippen molar-refractivity contribution in [2.24, 2.45) is 5.92 Å². The van der Waals surface area contributed by atoms with Crippen LogP contribution in [0.3, 0.4) is 0 Å². The van der Waals surface area contributed by atoms with Crippen LogP contribution in [0.4, 0.5) is 5.69 Å². The van der Waals surface area contributed by atoms with Crippen LogP contribution in [-0.4, -0.2) is 24.9 Å². The van der Waals surface area contributed by atoms with Gasteiger partial charge in [0.15, 0.2) is 0 Å². The fraction of sp³-hybridized carbons (Fsp3) is 0.500. The molecule has 1 aromatic carbocycles. The number of rotatable bonds is 4. The fourth-order valence-corrected chi connectivity index (χ4v) is 2.99. The number of hydrogen-bond acceptors (Lipinski definition) is 2. The van der Waals surface area contributed by atoms with Crippen molar-refractivity contribution < 1.29 is 9.59 Å². The highest BCUT2D eigenvalue weighted by Gasteiger charge is 2.34. The van der Waals surface area contributed by atoms with Crippen molar-refractivity contribution in [1.82, 2.24) is 5.32 Å². The predicted octanol–water partition coefficient (Wildman–Crippen LogP) is 1.91. The van der Waals surface area contributed by atoms with Crippen LogP contribution >= 0.6 is 0 Å². The Morgan fingerprint density at radius 3 is 2.85 bits per heavy atom. The van der Waals surface area contributed by atoms with Crippen molar-refractivity contribution in [2.45, 2.75) is 33.1 Å². The Hall–Kier alpha value is -1.84. The van der Waals surface area contributed by atoms with Crippen LogP contribution in [0.25, 0.3) is 0 Å². The summed E-state index contributed by atoms with van der Waals surface area (Å²) in [6, 6.07) is 3.83. The lowest BCUT2D eigenvalue weighted by atomic mass is 10.0. The van der Waals surface area contributed by atoms with Gasteiger partial charge in [-0.1, -0.05) is 13.8 Å². The van der Waals surface area contributed by atoms with Gasteiger partial charge in [0, 0.05) is 18.7 Å². The van der Waals surface area contributed by atoms with E-state index in [4.69, 9.17) is 0 Å². The van der Waals surface area contributed by atoms with Gasteiger partial charge in [-0.25, -0.2) is 0 Å². The van der Waals surface area contributed by atoms with E-state index < -0.39 is 0 Å². The lowest BCUT2D eigenvalue weighted by Gasteiger charge is -2.11. The van der Waals surface area contributed by atoms with E-state index in [1.54, 1.807) is 0 Å². The molecular weight excluding hydrogens is 252 g/mol. The number of amides is 2. The van der Waals surface area contributed by atoms with E-state index >= 15 is 0 Å². The highest BCUT2D eigenvalue weighted by atomic mass is 16.2. The molecule has 0 aromatic heterocycles. The molecule has 2 amide bonds. The summed E-state index contributed by atoms with van der Waals surface area (Å²) in [4.78, 5) is 25.9. The van der Waals surface area contributed by atoms with E-state index in [-0.39, 0.29) is 11.8 Å². The fourth-order valence-electron chi connectivity index (χ4n) is 2.99. The number of anilines is 1. The smallest absolute Gasteiger partial charge is 0.251 e. The minimum Gasteiger partial charge on any atom is -0.352 e. The molecule has 0 radical (unpaired) electrons. The molecule has 0 unspecified atom stereocenters. The predicted molar refractivity (Wildman–Crippen MR) is 78.0 cm³/mol. The van der Waals surface area contributed by atoms with Crippen molar-refractivity contribution in [3.8, 4) is 0 Å². The number of hydrogen-bond donors (Lipinski definition) is 1. The van der Waals surface area contributed by atoms with Crippen LogP contribution in [0.5, 0.6) is 0 Å². The van der Waals surface area contributed by atoms with Crippen molar-refractivity contribution in [1.29, 1.82) is 0 Å². The first-order chi connectivity index (χ1) is 9.56. The monoisotopic (exact) mass is 272 g/mol.